The summed E-state index contributed by atoms with van der Waals surface area (Å²) in [4.78, 5) is 38.2. The van der Waals surface area contributed by atoms with Gasteiger partial charge < -0.3 is 14.2 Å². The number of hydrogen-bond acceptors (Lipinski definition) is 6. The number of carbonyl (C=O) groups excluding carboxylic acids is 3. The van der Waals surface area contributed by atoms with E-state index in [2.05, 4.69) is 167 Å². The number of carbonyl (C=O) groups is 3. The zero-order valence-electron chi connectivity index (χ0n) is 52.5. The summed E-state index contributed by atoms with van der Waals surface area (Å²) in [5.41, 5.74) is 0. The van der Waals surface area contributed by atoms with Crippen molar-refractivity contribution in [2.45, 2.75) is 297 Å². The number of rotatable bonds is 59. The van der Waals surface area contributed by atoms with E-state index in [1.165, 1.54) is 109 Å². The second-order valence-electron chi connectivity index (χ2n) is 21.6. The third-order valence-electron chi connectivity index (χ3n) is 13.8. The lowest BCUT2D eigenvalue weighted by atomic mass is 10.0. The predicted molar refractivity (Wildman–Crippen MR) is 352 cm³/mol. The van der Waals surface area contributed by atoms with E-state index in [4.69, 9.17) is 14.2 Å². The first-order chi connectivity index (χ1) is 40.0. The Hall–Kier alpha value is -4.71. The molecule has 0 amide bonds. The Morgan fingerprint density at radius 1 is 0.259 bits per heavy atom. The van der Waals surface area contributed by atoms with Gasteiger partial charge in [0.1, 0.15) is 13.2 Å². The van der Waals surface area contributed by atoms with Crippen LogP contribution < -0.4 is 0 Å². The molecule has 0 heterocycles. The first-order valence-corrected chi connectivity index (χ1v) is 33.3. The van der Waals surface area contributed by atoms with Crippen molar-refractivity contribution in [3.63, 3.8) is 0 Å². The van der Waals surface area contributed by atoms with E-state index >= 15 is 0 Å². The van der Waals surface area contributed by atoms with Gasteiger partial charge in [-0.2, -0.15) is 0 Å². The van der Waals surface area contributed by atoms with Crippen LogP contribution in [0.3, 0.4) is 0 Å². The smallest absolute Gasteiger partial charge is 0.306 e. The van der Waals surface area contributed by atoms with Crippen LogP contribution in [0, 0.1) is 0 Å². The molecule has 0 N–H and O–H groups in total. The molecule has 0 aliphatic rings. The van der Waals surface area contributed by atoms with Crippen LogP contribution in [-0.2, 0) is 28.6 Å². The average Bonchev–Trinajstić information content (AvgIpc) is 3.47. The Bertz CT molecular complexity index is 1760. The Kier molecular flexibility index (Phi) is 63.9. The molecule has 0 rings (SSSR count). The van der Waals surface area contributed by atoms with Crippen LogP contribution in [0.15, 0.2) is 146 Å². The fourth-order valence-corrected chi connectivity index (χ4v) is 8.92. The zero-order chi connectivity index (χ0) is 58.5. The van der Waals surface area contributed by atoms with Gasteiger partial charge in [0, 0.05) is 19.3 Å². The molecule has 0 aromatic rings. The summed E-state index contributed by atoms with van der Waals surface area (Å²) in [5, 5.41) is 0. The van der Waals surface area contributed by atoms with Gasteiger partial charge in [-0.15, -0.1) is 0 Å². The number of hydrogen-bond donors (Lipinski definition) is 0. The lowest BCUT2D eigenvalue weighted by molar-refractivity contribution is -0.167. The van der Waals surface area contributed by atoms with E-state index in [1.807, 2.05) is 0 Å². The lowest BCUT2D eigenvalue weighted by Crippen LogP contribution is -2.30. The van der Waals surface area contributed by atoms with Crippen LogP contribution >= 0.6 is 0 Å². The summed E-state index contributed by atoms with van der Waals surface area (Å²) < 4.78 is 16.8. The van der Waals surface area contributed by atoms with Crippen molar-refractivity contribution in [2.24, 2.45) is 0 Å². The van der Waals surface area contributed by atoms with E-state index in [-0.39, 0.29) is 31.1 Å². The summed E-state index contributed by atoms with van der Waals surface area (Å²) in [5.74, 6) is -0.905. The molecule has 1 unspecified atom stereocenters. The van der Waals surface area contributed by atoms with Gasteiger partial charge in [-0.05, 0) is 122 Å². The van der Waals surface area contributed by atoms with Crippen LogP contribution in [0.1, 0.15) is 290 Å². The third-order valence-corrected chi connectivity index (χ3v) is 13.8. The zero-order valence-corrected chi connectivity index (χ0v) is 52.5. The van der Waals surface area contributed by atoms with Crippen LogP contribution in [-0.4, -0.2) is 37.2 Å². The molecule has 1 atom stereocenters. The van der Waals surface area contributed by atoms with Gasteiger partial charge in [-0.3, -0.25) is 14.4 Å². The fourth-order valence-electron chi connectivity index (χ4n) is 8.92. The van der Waals surface area contributed by atoms with Crippen molar-refractivity contribution in [3.8, 4) is 0 Å². The van der Waals surface area contributed by atoms with Gasteiger partial charge in [0.15, 0.2) is 6.10 Å². The van der Waals surface area contributed by atoms with Crippen molar-refractivity contribution >= 4 is 17.9 Å². The largest absolute Gasteiger partial charge is 0.462 e. The second kappa shape index (κ2) is 67.8. The van der Waals surface area contributed by atoms with Gasteiger partial charge >= 0.3 is 17.9 Å². The molecule has 0 saturated heterocycles. The normalized spacial score (nSPS) is 13.1. The van der Waals surface area contributed by atoms with Gasteiger partial charge in [0.2, 0.25) is 0 Å². The Morgan fingerprint density at radius 3 is 0.753 bits per heavy atom. The van der Waals surface area contributed by atoms with Crippen molar-refractivity contribution in [1.82, 2.24) is 0 Å². The molecular formula is C75H122O6. The number of esters is 3. The van der Waals surface area contributed by atoms with E-state index < -0.39 is 6.10 Å². The van der Waals surface area contributed by atoms with Crippen LogP contribution in [0.25, 0.3) is 0 Å². The molecular weight excluding hydrogens is 997 g/mol. The molecule has 0 bridgehead atoms. The molecule has 81 heavy (non-hydrogen) atoms. The molecule has 458 valence electrons. The van der Waals surface area contributed by atoms with Gasteiger partial charge in [0.05, 0.1) is 0 Å². The highest BCUT2D eigenvalue weighted by molar-refractivity contribution is 5.71. The fraction of sp³-hybridized carbons (Fsp3) is 0.640. The quantitative estimate of drug-likeness (QED) is 0.0261. The minimum Gasteiger partial charge on any atom is -0.462 e. The van der Waals surface area contributed by atoms with E-state index in [0.29, 0.717) is 19.3 Å². The van der Waals surface area contributed by atoms with Crippen molar-refractivity contribution in [2.75, 3.05) is 13.2 Å². The molecule has 0 aliphatic heterocycles. The topological polar surface area (TPSA) is 78.9 Å². The molecule has 6 nitrogen and oxygen atoms in total. The lowest BCUT2D eigenvalue weighted by Gasteiger charge is -2.18. The maximum absolute atomic E-state index is 12.9. The highest BCUT2D eigenvalue weighted by Gasteiger charge is 2.19. The number of unbranched alkanes of at least 4 members (excludes halogenated alkanes) is 24. The minimum atomic E-state index is -0.788. The maximum atomic E-state index is 12.9. The predicted octanol–water partition coefficient (Wildman–Crippen LogP) is 23.1. The van der Waals surface area contributed by atoms with Crippen molar-refractivity contribution < 1.29 is 28.6 Å². The summed E-state index contributed by atoms with van der Waals surface area (Å²) in [6.07, 6.45) is 97.4. The minimum absolute atomic E-state index is 0.0854. The highest BCUT2D eigenvalue weighted by atomic mass is 16.6. The molecule has 0 fully saturated rings. The first kappa shape index (κ1) is 76.3. The molecule has 0 saturated carbocycles. The average molecular weight is 1120 g/mol. The standard InChI is InChI=1S/C75H122O6/c1-4-7-10-13-16-18-20-22-24-26-28-30-32-34-36-37-39-40-42-44-46-48-50-52-54-56-59-62-65-68-74(77)80-71-72(70-79-73(76)67-64-61-58-15-12-9-6-3)81-75(78)69-66-63-60-57-55-53-51-49-47-45-43-41-38-35-33-31-29-27-25-23-21-19-17-14-11-8-5-2/h7-8,10-11,16-19,22-25,28-31,34-36,38-40,44,46,72H,4-6,9,12-15,20-21,26-27,32-33,37,41-43,45,47-71H2,1-3H3/b10-7-,11-8-,18-16-,19-17-,24-22-,25-23-,30-28-,31-29-,36-34-,38-35-,40-39-,46-44-. The molecule has 0 radical (unpaired) electrons. The third kappa shape index (κ3) is 66.0. The van der Waals surface area contributed by atoms with E-state index in [1.54, 1.807) is 0 Å². The second-order valence-corrected chi connectivity index (χ2v) is 21.6. The summed E-state index contributed by atoms with van der Waals surface area (Å²) >= 11 is 0. The van der Waals surface area contributed by atoms with Gasteiger partial charge in [0.25, 0.3) is 0 Å². The molecule has 0 aromatic carbocycles. The van der Waals surface area contributed by atoms with Crippen LogP contribution in [0.4, 0.5) is 0 Å². The monoisotopic (exact) mass is 1120 g/mol. The van der Waals surface area contributed by atoms with Crippen LogP contribution in [0.2, 0.25) is 0 Å². The molecule has 0 aromatic heterocycles. The summed E-state index contributed by atoms with van der Waals surface area (Å²) in [6, 6.07) is 0. The SMILES string of the molecule is CC/C=C\C/C=C\C/C=C\C/C=C\C/C=C\C/C=C\C/C=C\CCCCCCCCCC(=O)OCC(COC(=O)CCCCCCCCC)OC(=O)CCCCCCCCCCCCC/C=C\C/C=C\C/C=C\C/C=C\C/C=C\CC. The number of ether oxygens (including phenoxy) is 3. The Balaban J connectivity index is 4.18. The molecule has 0 spiro atoms. The van der Waals surface area contributed by atoms with Gasteiger partial charge in [-0.25, -0.2) is 0 Å². The van der Waals surface area contributed by atoms with Gasteiger partial charge in [-0.1, -0.05) is 295 Å². The maximum Gasteiger partial charge on any atom is 0.306 e. The summed E-state index contributed by atoms with van der Waals surface area (Å²) in [7, 11) is 0. The Labute approximate surface area is 499 Å². The highest BCUT2D eigenvalue weighted by Crippen LogP contribution is 2.16. The molecule has 0 aliphatic carbocycles. The molecule has 6 heteroatoms. The van der Waals surface area contributed by atoms with Crippen molar-refractivity contribution in [3.05, 3.63) is 146 Å². The number of allylic oxidation sites excluding steroid dienone is 24. The van der Waals surface area contributed by atoms with Crippen LogP contribution in [0.5, 0.6) is 0 Å². The van der Waals surface area contributed by atoms with E-state index in [0.717, 1.165) is 141 Å². The Morgan fingerprint density at radius 2 is 0.481 bits per heavy atom. The van der Waals surface area contributed by atoms with E-state index in [9.17, 15) is 14.4 Å². The summed E-state index contributed by atoms with van der Waals surface area (Å²) in [6.45, 7) is 6.37. The first-order valence-electron chi connectivity index (χ1n) is 33.3. The van der Waals surface area contributed by atoms with Crippen molar-refractivity contribution in [1.29, 1.82) is 0 Å².